The molecule has 7 heteroatoms. The lowest BCUT2D eigenvalue weighted by Gasteiger charge is -2.17. The van der Waals surface area contributed by atoms with Crippen LogP contribution in [0.4, 0.5) is 0 Å². The molecule has 1 saturated heterocycles. The minimum atomic E-state index is -3.66. The van der Waals surface area contributed by atoms with E-state index in [0.717, 1.165) is 12.8 Å². The Morgan fingerprint density at radius 1 is 0.897 bits per heavy atom. The molecule has 2 aliphatic rings. The quantitative estimate of drug-likeness (QED) is 0.164. The molecule has 2 rings (SSSR count). The number of rotatable bonds is 15. The van der Waals surface area contributed by atoms with Crippen LogP contribution >= 0.6 is 7.82 Å². The molecule has 29 heavy (non-hydrogen) atoms. The number of hydrogen-bond donors (Lipinski definition) is 0. The van der Waals surface area contributed by atoms with Crippen molar-refractivity contribution in [1.29, 1.82) is 0 Å². The molecule has 0 amide bonds. The second-order valence-electron chi connectivity index (χ2n) is 8.04. The Morgan fingerprint density at radius 2 is 1.48 bits per heavy atom. The summed E-state index contributed by atoms with van der Waals surface area (Å²) in [4.78, 5) is 11.9. The summed E-state index contributed by atoms with van der Waals surface area (Å²) in [6.07, 6.45) is 15.6. The monoisotopic (exact) mass is 430 g/mol. The molecule has 0 N–H and O–H groups in total. The Morgan fingerprint density at radius 3 is 2.07 bits per heavy atom. The Balaban J connectivity index is 1.55. The Bertz CT molecular complexity index is 574. The predicted octanol–water partition coefficient (Wildman–Crippen LogP) is 6.70. The van der Waals surface area contributed by atoms with Crippen LogP contribution in [0.5, 0.6) is 0 Å². The molecule has 1 fully saturated rings. The van der Waals surface area contributed by atoms with Crippen LogP contribution in [-0.2, 0) is 27.7 Å². The van der Waals surface area contributed by atoms with Gasteiger partial charge in [0.25, 0.3) is 0 Å². The number of carbonyl (C=O) groups is 1. The van der Waals surface area contributed by atoms with Gasteiger partial charge in [0.05, 0.1) is 24.7 Å². The van der Waals surface area contributed by atoms with E-state index in [4.69, 9.17) is 18.3 Å². The molecular formula is C22H39O6P. The third-order valence-corrected chi connectivity index (χ3v) is 6.98. The van der Waals surface area contributed by atoms with Gasteiger partial charge in [-0.15, -0.1) is 0 Å². The Labute approximate surface area is 176 Å². The molecule has 2 unspecified atom stereocenters. The highest BCUT2D eigenvalue weighted by Crippen LogP contribution is 2.55. The number of carbonyl (C=O) groups excluding carboxylic acids is 1. The van der Waals surface area contributed by atoms with Crippen molar-refractivity contribution >= 4 is 13.8 Å². The van der Waals surface area contributed by atoms with Gasteiger partial charge >= 0.3 is 13.8 Å². The van der Waals surface area contributed by atoms with E-state index in [0.29, 0.717) is 24.4 Å². The third-order valence-electron chi connectivity index (χ3n) is 5.57. The van der Waals surface area contributed by atoms with Crippen molar-refractivity contribution in [2.75, 3.05) is 19.8 Å². The lowest BCUT2D eigenvalue weighted by Crippen LogP contribution is -2.10. The highest BCUT2D eigenvalue weighted by atomic mass is 31.2. The fourth-order valence-electron chi connectivity index (χ4n) is 3.81. The van der Waals surface area contributed by atoms with Crippen LogP contribution in [0.3, 0.4) is 0 Å². The van der Waals surface area contributed by atoms with Crippen molar-refractivity contribution in [1.82, 2.24) is 0 Å². The second kappa shape index (κ2) is 13.5. The number of cyclic esters (lactones) is 1. The van der Waals surface area contributed by atoms with Gasteiger partial charge in [-0.1, -0.05) is 84.5 Å². The maximum absolute atomic E-state index is 12.8. The number of ether oxygens (including phenoxy) is 1. The van der Waals surface area contributed by atoms with E-state index in [9.17, 15) is 9.36 Å². The molecule has 2 aliphatic heterocycles. The number of phosphoric acid groups is 1. The van der Waals surface area contributed by atoms with Gasteiger partial charge < -0.3 is 9.26 Å². The molecule has 0 spiro atoms. The van der Waals surface area contributed by atoms with Crippen LogP contribution in [-0.4, -0.2) is 25.8 Å². The highest BCUT2D eigenvalue weighted by Gasteiger charge is 2.42. The normalized spacial score (nSPS) is 24.2. The topological polar surface area (TPSA) is 71.1 Å². The molecule has 0 aromatic rings. The van der Waals surface area contributed by atoms with Gasteiger partial charge in [-0.25, -0.2) is 9.36 Å². The maximum Gasteiger partial charge on any atom is 0.529 e. The van der Waals surface area contributed by atoms with Gasteiger partial charge in [0.2, 0.25) is 0 Å². The average Bonchev–Trinajstić information content (AvgIpc) is 3.01. The standard InChI is InChI=1S/C22H39O6P/c1-3-5-6-7-8-9-10-11-12-13-14-15-16-26-29(24)27-18-19-17-25-22(23)21(19)20(4-2)28-29/h19H,3-18H2,1-2H3. The molecule has 0 aliphatic carbocycles. The summed E-state index contributed by atoms with van der Waals surface area (Å²) in [5.74, 6) is -0.235. The lowest BCUT2D eigenvalue weighted by molar-refractivity contribution is -0.135. The van der Waals surface area contributed by atoms with Crippen molar-refractivity contribution in [2.24, 2.45) is 5.92 Å². The first-order valence-corrected chi connectivity index (χ1v) is 13.0. The fourth-order valence-corrected chi connectivity index (χ4v) is 5.20. The third kappa shape index (κ3) is 8.43. The molecule has 2 heterocycles. The Kier molecular flexibility index (Phi) is 11.3. The van der Waals surface area contributed by atoms with E-state index in [1.54, 1.807) is 0 Å². The lowest BCUT2D eigenvalue weighted by atomic mass is 10.0. The summed E-state index contributed by atoms with van der Waals surface area (Å²) in [5.41, 5.74) is 0.458. The molecule has 2 atom stereocenters. The van der Waals surface area contributed by atoms with E-state index in [1.807, 2.05) is 6.92 Å². The zero-order chi connectivity index (χ0) is 21.0. The average molecular weight is 431 g/mol. The summed E-state index contributed by atoms with van der Waals surface area (Å²) in [5, 5.41) is 0. The number of allylic oxidation sites excluding steroid dienone is 1. The van der Waals surface area contributed by atoms with Crippen LogP contribution in [0.2, 0.25) is 0 Å². The Hall–Kier alpha value is -0.840. The van der Waals surface area contributed by atoms with E-state index in [1.165, 1.54) is 64.2 Å². The smallest absolute Gasteiger partial charge is 0.461 e. The fraction of sp³-hybridized carbons (Fsp3) is 0.864. The summed E-state index contributed by atoms with van der Waals surface area (Å²) in [7, 11) is -3.66. The summed E-state index contributed by atoms with van der Waals surface area (Å²) in [6, 6.07) is 0. The number of hydrogen-bond acceptors (Lipinski definition) is 6. The van der Waals surface area contributed by atoms with Gasteiger partial charge in [0.15, 0.2) is 0 Å². The van der Waals surface area contributed by atoms with Gasteiger partial charge in [0, 0.05) is 6.42 Å². The molecule has 0 saturated carbocycles. The summed E-state index contributed by atoms with van der Waals surface area (Å²) in [6.45, 7) is 4.82. The van der Waals surface area contributed by atoms with Crippen LogP contribution in [0.1, 0.15) is 97.3 Å². The molecule has 0 radical (unpaired) electrons. The van der Waals surface area contributed by atoms with E-state index < -0.39 is 13.8 Å². The maximum atomic E-state index is 12.8. The summed E-state index contributed by atoms with van der Waals surface area (Å²) < 4.78 is 34.3. The van der Waals surface area contributed by atoms with Crippen molar-refractivity contribution in [2.45, 2.75) is 97.3 Å². The largest absolute Gasteiger partial charge is 0.529 e. The van der Waals surface area contributed by atoms with Crippen molar-refractivity contribution < 1.29 is 27.7 Å². The zero-order valence-electron chi connectivity index (χ0n) is 18.3. The molecule has 6 nitrogen and oxygen atoms in total. The number of esters is 1. The second-order valence-corrected chi connectivity index (χ2v) is 9.64. The van der Waals surface area contributed by atoms with Crippen LogP contribution < -0.4 is 0 Å². The van der Waals surface area contributed by atoms with Crippen molar-refractivity contribution in [3.63, 3.8) is 0 Å². The zero-order valence-corrected chi connectivity index (χ0v) is 19.2. The predicted molar refractivity (Wildman–Crippen MR) is 113 cm³/mol. The van der Waals surface area contributed by atoms with Crippen LogP contribution in [0.15, 0.2) is 11.3 Å². The number of fused-ring (bicyclic) bond motifs is 1. The highest BCUT2D eigenvalue weighted by molar-refractivity contribution is 7.48. The van der Waals surface area contributed by atoms with Gasteiger partial charge in [-0.3, -0.25) is 9.05 Å². The molecule has 168 valence electrons. The molecular weight excluding hydrogens is 391 g/mol. The molecule has 0 aromatic carbocycles. The first kappa shape index (κ1) is 24.4. The van der Waals surface area contributed by atoms with Crippen molar-refractivity contribution in [3.8, 4) is 0 Å². The van der Waals surface area contributed by atoms with Crippen LogP contribution in [0.25, 0.3) is 0 Å². The minimum Gasteiger partial charge on any atom is -0.461 e. The SMILES string of the molecule is CCCCCCCCCCCCCCOP1(=O)OCC2COC(=O)C2=C(CC)O1. The number of unbranched alkanes of at least 4 members (excludes halogenated alkanes) is 11. The first-order chi connectivity index (χ1) is 14.1. The molecule has 0 bridgehead atoms. The summed E-state index contributed by atoms with van der Waals surface area (Å²) >= 11 is 0. The van der Waals surface area contributed by atoms with Crippen LogP contribution in [0, 0.1) is 5.92 Å². The van der Waals surface area contributed by atoms with E-state index in [-0.39, 0.29) is 19.1 Å². The molecule has 0 aromatic heterocycles. The van der Waals surface area contributed by atoms with E-state index >= 15 is 0 Å². The van der Waals surface area contributed by atoms with Gasteiger partial charge in [0.1, 0.15) is 12.4 Å². The van der Waals surface area contributed by atoms with Gasteiger partial charge in [-0.05, 0) is 6.42 Å². The van der Waals surface area contributed by atoms with Crippen molar-refractivity contribution in [3.05, 3.63) is 11.3 Å². The number of phosphoric ester groups is 1. The van der Waals surface area contributed by atoms with Gasteiger partial charge in [-0.2, -0.15) is 0 Å². The first-order valence-electron chi connectivity index (χ1n) is 11.6. The minimum absolute atomic E-state index is 0.125. The van der Waals surface area contributed by atoms with E-state index in [2.05, 4.69) is 6.92 Å².